The quantitative estimate of drug-likeness (QED) is 0.742. The average Bonchev–Trinajstić information content (AvgIpc) is 2.39. The lowest BCUT2D eigenvalue weighted by molar-refractivity contribution is 0.521. The molecule has 8 heteroatoms. The van der Waals surface area contributed by atoms with Gasteiger partial charge >= 0.3 is 0 Å². The van der Waals surface area contributed by atoms with Crippen LogP contribution in [0.5, 0.6) is 0 Å². The molecular formula is C12H23N5O2S. The van der Waals surface area contributed by atoms with Crippen LogP contribution < -0.4 is 10.6 Å². The third kappa shape index (κ3) is 4.93. The van der Waals surface area contributed by atoms with E-state index in [1.807, 2.05) is 6.92 Å². The number of aryl methyl sites for hydroxylation is 1. The van der Waals surface area contributed by atoms with Crippen molar-refractivity contribution in [3.05, 3.63) is 11.8 Å². The maximum absolute atomic E-state index is 11.7. The highest BCUT2D eigenvalue weighted by atomic mass is 32.2. The molecule has 1 heterocycles. The predicted molar refractivity (Wildman–Crippen MR) is 81.5 cm³/mol. The fraction of sp³-hybridized carbons (Fsp3) is 0.667. The smallest absolute Gasteiger partial charge is 0.224 e. The molecule has 0 aliphatic carbocycles. The second-order valence-electron chi connectivity index (χ2n) is 4.68. The molecule has 1 aromatic rings. The van der Waals surface area contributed by atoms with Crippen LogP contribution in [-0.4, -0.2) is 55.6 Å². The molecule has 20 heavy (non-hydrogen) atoms. The van der Waals surface area contributed by atoms with Crippen LogP contribution >= 0.6 is 0 Å². The van der Waals surface area contributed by atoms with Gasteiger partial charge in [-0.1, -0.05) is 6.92 Å². The number of nitrogens with zero attached hydrogens (tertiary/aromatic N) is 3. The van der Waals surface area contributed by atoms with Crippen molar-refractivity contribution < 1.29 is 8.42 Å². The minimum atomic E-state index is -3.19. The Labute approximate surface area is 120 Å². The van der Waals surface area contributed by atoms with Crippen LogP contribution in [0.3, 0.4) is 0 Å². The second kappa shape index (κ2) is 7.39. The maximum atomic E-state index is 11.7. The lowest BCUT2D eigenvalue weighted by Gasteiger charge is -2.13. The Morgan fingerprint density at radius 1 is 1.25 bits per heavy atom. The SMILES string of the molecule is CCCNc1ncc(C)c(NCCS(=O)(=O)N(C)C)n1. The number of rotatable bonds is 8. The first kappa shape index (κ1) is 16.6. The summed E-state index contributed by atoms with van der Waals surface area (Å²) in [5.41, 5.74) is 0.884. The lowest BCUT2D eigenvalue weighted by Crippen LogP contribution is -2.28. The van der Waals surface area contributed by atoms with Gasteiger partial charge in [0.1, 0.15) is 5.82 Å². The number of aromatic nitrogens is 2. The number of hydrogen-bond donors (Lipinski definition) is 2. The van der Waals surface area contributed by atoms with E-state index in [0.29, 0.717) is 18.3 Å². The fourth-order valence-electron chi connectivity index (χ4n) is 1.42. The van der Waals surface area contributed by atoms with Crippen molar-refractivity contribution in [1.82, 2.24) is 14.3 Å². The minimum Gasteiger partial charge on any atom is -0.369 e. The molecule has 0 unspecified atom stereocenters. The van der Waals surface area contributed by atoms with Gasteiger partial charge in [0.2, 0.25) is 16.0 Å². The summed E-state index contributed by atoms with van der Waals surface area (Å²) in [7, 11) is -0.142. The number of anilines is 2. The molecule has 0 saturated heterocycles. The molecule has 7 nitrogen and oxygen atoms in total. The summed E-state index contributed by atoms with van der Waals surface area (Å²) >= 11 is 0. The van der Waals surface area contributed by atoms with Gasteiger partial charge in [0.15, 0.2) is 0 Å². The molecule has 0 aliphatic heterocycles. The van der Waals surface area contributed by atoms with Gasteiger partial charge in [-0.15, -0.1) is 0 Å². The van der Waals surface area contributed by atoms with Crippen molar-refractivity contribution in [3.8, 4) is 0 Å². The number of hydrogen-bond acceptors (Lipinski definition) is 6. The van der Waals surface area contributed by atoms with Gasteiger partial charge in [0, 0.05) is 38.9 Å². The van der Waals surface area contributed by atoms with Gasteiger partial charge in [-0.05, 0) is 13.3 Å². The zero-order chi connectivity index (χ0) is 15.2. The van der Waals surface area contributed by atoms with E-state index in [4.69, 9.17) is 0 Å². The van der Waals surface area contributed by atoms with Crippen molar-refractivity contribution >= 4 is 21.8 Å². The molecule has 0 fully saturated rings. The summed E-state index contributed by atoms with van der Waals surface area (Å²) in [4.78, 5) is 8.51. The Balaban J connectivity index is 2.63. The van der Waals surface area contributed by atoms with Gasteiger partial charge in [0.05, 0.1) is 5.75 Å². The Bertz CT molecular complexity index is 531. The summed E-state index contributed by atoms with van der Waals surface area (Å²) in [5, 5.41) is 6.14. The van der Waals surface area contributed by atoms with Gasteiger partial charge in [-0.25, -0.2) is 17.7 Å². The first-order chi connectivity index (χ1) is 9.36. The van der Waals surface area contributed by atoms with Crippen LogP contribution in [0.2, 0.25) is 0 Å². The van der Waals surface area contributed by atoms with Gasteiger partial charge in [0.25, 0.3) is 0 Å². The molecule has 0 atom stereocenters. The van der Waals surface area contributed by atoms with Crippen LogP contribution in [0.25, 0.3) is 0 Å². The maximum Gasteiger partial charge on any atom is 0.224 e. The van der Waals surface area contributed by atoms with Crippen molar-refractivity contribution in [1.29, 1.82) is 0 Å². The molecule has 0 bridgehead atoms. The van der Waals surface area contributed by atoms with Crippen molar-refractivity contribution in [2.24, 2.45) is 0 Å². The van der Waals surface area contributed by atoms with Crippen LogP contribution in [0, 0.1) is 6.92 Å². The van der Waals surface area contributed by atoms with E-state index >= 15 is 0 Å². The molecule has 1 rings (SSSR count). The van der Waals surface area contributed by atoms with E-state index in [1.165, 1.54) is 18.4 Å². The second-order valence-corrected chi connectivity index (χ2v) is 6.98. The fourth-order valence-corrected chi connectivity index (χ4v) is 2.15. The summed E-state index contributed by atoms with van der Waals surface area (Å²) in [6.45, 7) is 5.06. The lowest BCUT2D eigenvalue weighted by atomic mass is 10.3. The predicted octanol–water partition coefficient (Wildman–Crippen LogP) is 0.910. The first-order valence-electron chi connectivity index (χ1n) is 6.58. The number of sulfonamides is 1. The van der Waals surface area contributed by atoms with Gasteiger partial charge in [-0.2, -0.15) is 4.98 Å². The summed E-state index contributed by atoms with van der Waals surface area (Å²) in [6.07, 6.45) is 2.70. The molecular weight excluding hydrogens is 278 g/mol. The number of nitrogens with one attached hydrogen (secondary N) is 2. The summed E-state index contributed by atoms with van der Waals surface area (Å²) < 4.78 is 24.5. The summed E-state index contributed by atoms with van der Waals surface area (Å²) in [5.74, 6) is 1.24. The van der Waals surface area contributed by atoms with Crippen LogP contribution in [0.4, 0.5) is 11.8 Å². The molecule has 1 aromatic heterocycles. The highest BCUT2D eigenvalue weighted by molar-refractivity contribution is 7.89. The standard InChI is InChI=1S/C12H23N5O2S/c1-5-6-14-12-15-9-10(2)11(16-12)13-7-8-20(18,19)17(3)4/h9H,5-8H2,1-4H3,(H2,13,14,15,16). The normalized spacial score (nSPS) is 11.7. The molecule has 0 amide bonds. The zero-order valence-electron chi connectivity index (χ0n) is 12.5. The van der Waals surface area contributed by atoms with Gasteiger partial charge in [-0.3, -0.25) is 0 Å². The molecule has 0 spiro atoms. The highest BCUT2D eigenvalue weighted by Crippen LogP contribution is 2.12. The topological polar surface area (TPSA) is 87.2 Å². The third-order valence-electron chi connectivity index (χ3n) is 2.71. The van der Waals surface area contributed by atoms with Crippen LogP contribution in [-0.2, 0) is 10.0 Å². The molecule has 0 radical (unpaired) electrons. The minimum absolute atomic E-state index is 0.0289. The van der Waals surface area contributed by atoms with Gasteiger partial charge < -0.3 is 10.6 Å². The highest BCUT2D eigenvalue weighted by Gasteiger charge is 2.13. The Morgan fingerprint density at radius 2 is 1.95 bits per heavy atom. The van der Waals surface area contributed by atoms with E-state index in [-0.39, 0.29) is 5.75 Å². The Kier molecular flexibility index (Phi) is 6.15. The molecule has 0 aliphatic rings. The van der Waals surface area contributed by atoms with E-state index in [1.54, 1.807) is 6.20 Å². The van der Waals surface area contributed by atoms with E-state index in [9.17, 15) is 8.42 Å². The zero-order valence-corrected chi connectivity index (χ0v) is 13.3. The van der Waals surface area contributed by atoms with Crippen molar-refractivity contribution in [3.63, 3.8) is 0 Å². The molecule has 0 saturated carbocycles. The first-order valence-corrected chi connectivity index (χ1v) is 8.19. The Hall–Kier alpha value is -1.41. The van der Waals surface area contributed by atoms with Crippen molar-refractivity contribution in [2.45, 2.75) is 20.3 Å². The monoisotopic (exact) mass is 301 g/mol. The van der Waals surface area contributed by atoms with E-state index < -0.39 is 10.0 Å². The average molecular weight is 301 g/mol. The van der Waals surface area contributed by atoms with Crippen LogP contribution in [0.1, 0.15) is 18.9 Å². The van der Waals surface area contributed by atoms with Crippen LogP contribution in [0.15, 0.2) is 6.20 Å². The summed E-state index contributed by atoms with van der Waals surface area (Å²) in [6, 6.07) is 0. The van der Waals surface area contributed by atoms with E-state index in [0.717, 1.165) is 18.5 Å². The molecule has 0 aromatic carbocycles. The molecule has 114 valence electrons. The molecule has 2 N–H and O–H groups in total. The van der Waals surface area contributed by atoms with Crippen molar-refractivity contribution in [2.75, 3.05) is 43.6 Å². The largest absolute Gasteiger partial charge is 0.369 e. The third-order valence-corrected chi connectivity index (χ3v) is 4.55. The Morgan fingerprint density at radius 3 is 2.55 bits per heavy atom. The van der Waals surface area contributed by atoms with E-state index in [2.05, 4.69) is 27.5 Å².